The molecule has 0 saturated carbocycles. The van der Waals surface area contributed by atoms with Crippen LogP contribution in [-0.4, -0.2) is 22.0 Å². The second kappa shape index (κ2) is 7.17. The second-order valence-electron chi connectivity index (χ2n) is 5.55. The van der Waals surface area contributed by atoms with Crippen molar-refractivity contribution in [2.24, 2.45) is 0 Å². The Morgan fingerprint density at radius 3 is 2.64 bits per heavy atom. The Morgan fingerprint density at radius 2 is 1.92 bits per heavy atom. The predicted octanol–water partition coefficient (Wildman–Crippen LogP) is 2.76. The van der Waals surface area contributed by atoms with Crippen molar-refractivity contribution in [2.75, 3.05) is 6.61 Å². The fraction of sp³-hybridized carbons (Fsp3) is 0.211. The lowest BCUT2D eigenvalue weighted by molar-refractivity contribution is 0.0526. The van der Waals surface area contributed by atoms with Crippen molar-refractivity contribution in [1.29, 1.82) is 0 Å². The molecule has 0 radical (unpaired) electrons. The van der Waals surface area contributed by atoms with Crippen LogP contribution in [-0.2, 0) is 11.3 Å². The number of carbonyl (C=O) groups excluding carboxylic acids is 1. The smallest absolute Gasteiger partial charge is 0.338 e. The molecule has 0 N–H and O–H groups in total. The van der Waals surface area contributed by atoms with Gasteiger partial charge in [-0.2, -0.15) is 0 Å². The summed E-state index contributed by atoms with van der Waals surface area (Å²) in [5.41, 5.74) is 2.47. The molecule has 0 aliphatic rings. The minimum Gasteiger partial charge on any atom is -0.487 e. The van der Waals surface area contributed by atoms with Crippen LogP contribution in [0.1, 0.15) is 28.5 Å². The maximum absolute atomic E-state index is 12.1. The number of rotatable bonds is 5. The Bertz CT molecular complexity index is 961. The average Bonchev–Trinajstić information content (AvgIpc) is 2.60. The second-order valence-corrected chi connectivity index (χ2v) is 5.55. The molecule has 0 fully saturated rings. The number of hydrogen-bond acceptors (Lipinski definition) is 5. The lowest BCUT2D eigenvalue weighted by atomic mass is 10.2. The van der Waals surface area contributed by atoms with Gasteiger partial charge < -0.3 is 9.47 Å². The molecule has 2 aromatic heterocycles. The molecule has 0 atom stereocenters. The van der Waals surface area contributed by atoms with Gasteiger partial charge >= 0.3 is 5.97 Å². The topological polar surface area (TPSA) is 69.9 Å². The van der Waals surface area contributed by atoms with Gasteiger partial charge in [0.05, 0.1) is 17.9 Å². The van der Waals surface area contributed by atoms with Gasteiger partial charge in [0.25, 0.3) is 5.56 Å². The summed E-state index contributed by atoms with van der Waals surface area (Å²) in [7, 11) is 0. The van der Waals surface area contributed by atoms with E-state index in [1.165, 1.54) is 10.5 Å². The van der Waals surface area contributed by atoms with Gasteiger partial charge in [-0.3, -0.25) is 9.20 Å². The molecule has 0 bridgehead atoms. The fourth-order valence-electron chi connectivity index (χ4n) is 2.39. The number of pyridine rings is 1. The number of ether oxygens (including phenoxy) is 2. The van der Waals surface area contributed by atoms with Crippen LogP contribution < -0.4 is 10.3 Å². The molecule has 6 heteroatoms. The Kier molecular flexibility index (Phi) is 4.79. The van der Waals surface area contributed by atoms with Crippen LogP contribution >= 0.6 is 0 Å². The average molecular weight is 338 g/mol. The highest BCUT2D eigenvalue weighted by molar-refractivity contribution is 5.89. The summed E-state index contributed by atoms with van der Waals surface area (Å²) in [5.74, 6) is 0.216. The minimum atomic E-state index is -0.367. The number of benzene rings is 1. The van der Waals surface area contributed by atoms with Gasteiger partial charge in [-0.05, 0) is 55.8 Å². The number of nitrogens with zero attached hydrogens (tertiary/aromatic N) is 2. The van der Waals surface area contributed by atoms with Crippen LogP contribution in [0.4, 0.5) is 0 Å². The molecular formula is C19H18N2O4. The third-order valence-electron chi connectivity index (χ3n) is 3.63. The zero-order valence-corrected chi connectivity index (χ0v) is 14.1. The number of carbonyl (C=O) groups is 1. The molecule has 0 saturated heterocycles. The molecule has 0 amide bonds. The van der Waals surface area contributed by atoms with Gasteiger partial charge in [-0.25, -0.2) is 9.78 Å². The molecule has 3 rings (SSSR count). The molecular weight excluding hydrogens is 320 g/mol. The highest BCUT2D eigenvalue weighted by atomic mass is 16.5. The van der Waals surface area contributed by atoms with E-state index in [-0.39, 0.29) is 18.1 Å². The van der Waals surface area contributed by atoms with Gasteiger partial charge in [0.1, 0.15) is 18.0 Å². The standard InChI is InChI=1S/C19H18N2O4/c1-3-24-19(23)14-4-6-16(7-5-14)25-12-15-11-18(22)21-9-8-13(2)10-17(21)20-15/h4-11H,3,12H2,1-2H3. The van der Waals surface area contributed by atoms with Crippen molar-refractivity contribution in [1.82, 2.24) is 9.38 Å². The van der Waals surface area contributed by atoms with Crippen LogP contribution in [0.2, 0.25) is 0 Å². The van der Waals surface area contributed by atoms with E-state index in [1.807, 2.05) is 19.1 Å². The normalized spacial score (nSPS) is 10.6. The zero-order valence-electron chi connectivity index (χ0n) is 14.1. The van der Waals surface area contributed by atoms with Crippen molar-refractivity contribution < 1.29 is 14.3 Å². The molecule has 0 spiro atoms. The van der Waals surface area contributed by atoms with Crippen molar-refractivity contribution >= 4 is 11.6 Å². The van der Waals surface area contributed by atoms with Crippen LogP contribution in [0, 0.1) is 6.92 Å². The Labute approximate surface area is 144 Å². The molecule has 6 nitrogen and oxygen atoms in total. The van der Waals surface area contributed by atoms with Gasteiger partial charge in [-0.15, -0.1) is 0 Å². The largest absolute Gasteiger partial charge is 0.487 e. The van der Waals surface area contributed by atoms with Crippen molar-refractivity contribution in [2.45, 2.75) is 20.5 Å². The van der Waals surface area contributed by atoms with Gasteiger partial charge in [0, 0.05) is 12.3 Å². The van der Waals surface area contributed by atoms with E-state index in [4.69, 9.17) is 9.47 Å². The number of hydrogen-bond donors (Lipinski definition) is 0. The Morgan fingerprint density at radius 1 is 1.16 bits per heavy atom. The van der Waals surface area contributed by atoms with E-state index < -0.39 is 0 Å². The van der Waals surface area contributed by atoms with E-state index in [9.17, 15) is 9.59 Å². The van der Waals surface area contributed by atoms with Crippen LogP contribution in [0.5, 0.6) is 5.75 Å². The summed E-state index contributed by atoms with van der Waals surface area (Å²) < 4.78 is 12.1. The van der Waals surface area contributed by atoms with Crippen LogP contribution in [0.25, 0.3) is 5.65 Å². The quantitative estimate of drug-likeness (QED) is 0.669. The Hall–Kier alpha value is -3.15. The first-order chi connectivity index (χ1) is 12.1. The number of aryl methyl sites for hydroxylation is 1. The molecule has 0 aliphatic heterocycles. The highest BCUT2D eigenvalue weighted by Gasteiger charge is 2.07. The molecule has 25 heavy (non-hydrogen) atoms. The molecule has 1 aromatic carbocycles. The maximum atomic E-state index is 12.1. The Balaban J connectivity index is 1.74. The highest BCUT2D eigenvalue weighted by Crippen LogP contribution is 2.14. The summed E-state index contributed by atoms with van der Waals surface area (Å²) in [6.07, 6.45) is 1.71. The first-order valence-electron chi connectivity index (χ1n) is 7.96. The third-order valence-corrected chi connectivity index (χ3v) is 3.63. The summed E-state index contributed by atoms with van der Waals surface area (Å²) in [4.78, 5) is 28.2. The number of esters is 1. The van der Waals surface area contributed by atoms with E-state index in [2.05, 4.69) is 4.98 Å². The summed E-state index contributed by atoms with van der Waals surface area (Å²) >= 11 is 0. The van der Waals surface area contributed by atoms with Crippen molar-refractivity contribution in [3.05, 3.63) is 75.8 Å². The van der Waals surface area contributed by atoms with Crippen LogP contribution in [0.3, 0.4) is 0 Å². The SMILES string of the molecule is CCOC(=O)c1ccc(OCc2cc(=O)n3ccc(C)cc3n2)cc1. The third kappa shape index (κ3) is 3.85. The zero-order chi connectivity index (χ0) is 17.8. The van der Waals surface area contributed by atoms with Gasteiger partial charge in [-0.1, -0.05) is 0 Å². The summed E-state index contributed by atoms with van der Waals surface area (Å²) in [6, 6.07) is 11.8. The molecule has 3 aromatic rings. The van der Waals surface area contributed by atoms with Gasteiger partial charge in [0.2, 0.25) is 0 Å². The van der Waals surface area contributed by atoms with Crippen molar-refractivity contribution in [3.8, 4) is 5.75 Å². The number of fused-ring (bicyclic) bond motifs is 1. The van der Waals surface area contributed by atoms with E-state index in [1.54, 1.807) is 37.4 Å². The van der Waals surface area contributed by atoms with E-state index in [0.29, 0.717) is 29.3 Å². The molecule has 2 heterocycles. The fourth-order valence-corrected chi connectivity index (χ4v) is 2.39. The van der Waals surface area contributed by atoms with Crippen molar-refractivity contribution in [3.63, 3.8) is 0 Å². The van der Waals surface area contributed by atoms with E-state index >= 15 is 0 Å². The monoisotopic (exact) mass is 338 g/mol. The minimum absolute atomic E-state index is 0.152. The van der Waals surface area contributed by atoms with E-state index in [0.717, 1.165) is 5.56 Å². The molecule has 128 valence electrons. The number of aromatic nitrogens is 2. The molecule has 0 unspecified atom stereocenters. The first kappa shape index (κ1) is 16.7. The van der Waals surface area contributed by atoms with Crippen LogP contribution in [0.15, 0.2) is 53.5 Å². The molecule has 0 aliphatic carbocycles. The first-order valence-corrected chi connectivity index (χ1v) is 7.96. The predicted molar refractivity (Wildman–Crippen MR) is 92.9 cm³/mol. The maximum Gasteiger partial charge on any atom is 0.338 e. The lowest BCUT2D eigenvalue weighted by Gasteiger charge is -2.08. The summed E-state index contributed by atoms with van der Waals surface area (Å²) in [6.45, 7) is 4.20. The summed E-state index contributed by atoms with van der Waals surface area (Å²) in [5, 5.41) is 0. The van der Waals surface area contributed by atoms with Gasteiger partial charge in [0.15, 0.2) is 0 Å². The lowest BCUT2D eigenvalue weighted by Crippen LogP contribution is -2.16.